The number of rotatable bonds is 7. The summed E-state index contributed by atoms with van der Waals surface area (Å²) in [4.78, 5) is 13.4. The lowest BCUT2D eigenvalue weighted by Gasteiger charge is -2.12. The molecule has 3 heterocycles. The summed E-state index contributed by atoms with van der Waals surface area (Å²) in [5.74, 6) is 0. The zero-order valence-corrected chi connectivity index (χ0v) is 26.2. The minimum atomic E-state index is 0.906. The van der Waals surface area contributed by atoms with E-state index >= 15 is 0 Å². The molecule has 0 spiro atoms. The van der Waals surface area contributed by atoms with E-state index in [-0.39, 0.29) is 0 Å². The maximum Gasteiger partial charge on any atom is 0.0716 e. The van der Waals surface area contributed by atoms with Gasteiger partial charge in [-0.2, -0.15) is 0 Å². The molecule has 0 aliphatic heterocycles. The van der Waals surface area contributed by atoms with Crippen LogP contribution in [0.15, 0.2) is 189 Å². The Morgan fingerprint density at radius 1 is 0.229 bits per heavy atom. The SMILES string of the molecule is c1ccc(-c2cccc(-c3cccc(-c4cccc(-c5cccc(-c6cc(-c7ccncc7)nc(-c7ccncc7)c6)c5)c4)c3)c2)cc1. The van der Waals surface area contributed by atoms with Crippen molar-refractivity contribution in [3.05, 3.63) is 189 Å². The van der Waals surface area contributed by atoms with Crippen LogP contribution < -0.4 is 0 Å². The van der Waals surface area contributed by atoms with Gasteiger partial charge in [-0.15, -0.1) is 0 Å². The van der Waals surface area contributed by atoms with Gasteiger partial charge in [-0.05, 0) is 116 Å². The third-order valence-corrected chi connectivity index (χ3v) is 8.67. The van der Waals surface area contributed by atoms with Crippen LogP contribution in [0.25, 0.3) is 78.1 Å². The molecule has 0 unspecified atom stereocenters. The largest absolute Gasteiger partial charge is 0.265 e. The predicted octanol–water partition coefficient (Wildman–Crippen LogP) is 11.5. The molecule has 48 heavy (non-hydrogen) atoms. The van der Waals surface area contributed by atoms with Gasteiger partial charge in [0, 0.05) is 35.9 Å². The van der Waals surface area contributed by atoms with E-state index in [1.807, 2.05) is 24.3 Å². The molecule has 0 bridgehead atoms. The van der Waals surface area contributed by atoms with Gasteiger partial charge >= 0.3 is 0 Å². The van der Waals surface area contributed by atoms with Crippen molar-refractivity contribution in [3.8, 4) is 78.1 Å². The van der Waals surface area contributed by atoms with Crippen LogP contribution in [0.2, 0.25) is 0 Å². The molecule has 8 aromatic rings. The number of pyridine rings is 3. The van der Waals surface area contributed by atoms with E-state index in [9.17, 15) is 0 Å². The average molecular weight is 614 g/mol. The third kappa shape index (κ3) is 6.18. The first-order valence-electron chi connectivity index (χ1n) is 16.1. The molecule has 0 aliphatic carbocycles. The van der Waals surface area contributed by atoms with Gasteiger partial charge in [0.15, 0.2) is 0 Å². The first kappa shape index (κ1) is 29.0. The van der Waals surface area contributed by atoms with Crippen LogP contribution in [0, 0.1) is 0 Å². The fourth-order valence-corrected chi connectivity index (χ4v) is 6.18. The summed E-state index contributed by atoms with van der Waals surface area (Å²) in [5.41, 5.74) is 15.6. The van der Waals surface area contributed by atoms with Gasteiger partial charge in [0.1, 0.15) is 0 Å². The maximum absolute atomic E-state index is 5.02. The highest BCUT2D eigenvalue weighted by Gasteiger charge is 2.11. The molecule has 0 radical (unpaired) electrons. The lowest BCUT2D eigenvalue weighted by molar-refractivity contribution is 1.27. The maximum atomic E-state index is 5.02. The monoisotopic (exact) mass is 613 g/mol. The highest BCUT2D eigenvalue weighted by molar-refractivity contribution is 5.82. The molecule has 226 valence electrons. The molecule has 3 heteroatoms. The van der Waals surface area contributed by atoms with Crippen LogP contribution in [0.3, 0.4) is 0 Å². The minimum absolute atomic E-state index is 0.906. The van der Waals surface area contributed by atoms with Gasteiger partial charge in [-0.25, -0.2) is 4.98 Å². The van der Waals surface area contributed by atoms with E-state index in [2.05, 4.69) is 149 Å². The van der Waals surface area contributed by atoms with Gasteiger partial charge in [-0.3, -0.25) is 9.97 Å². The van der Waals surface area contributed by atoms with Crippen molar-refractivity contribution in [1.82, 2.24) is 15.0 Å². The van der Waals surface area contributed by atoms with Gasteiger partial charge in [0.05, 0.1) is 11.4 Å². The molecule has 0 saturated heterocycles. The third-order valence-electron chi connectivity index (χ3n) is 8.67. The molecule has 0 atom stereocenters. The van der Waals surface area contributed by atoms with E-state index in [4.69, 9.17) is 4.98 Å². The van der Waals surface area contributed by atoms with Crippen LogP contribution in [0.5, 0.6) is 0 Å². The van der Waals surface area contributed by atoms with Gasteiger partial charge in [0.25, 0.3) is 0 Å². The number of aromatic nitrogens is 3. The Labute approximate surface area is 280 Å². The Kier molecular flexibility index (Phi) is 7.92. The topological polar surface area (TPSA) is 38.7 Å². The summed E-state index contributed by atoms with van der Waals surface area (Å²) in [5, 5.41) is 0. The number of hydrogen-bond donors (Lipinski definition) is 0. The van der Waals surface area contributed by atoms with Crippen molar-refractivity contribution in [1.29, 1.82) is 0 Å². The molecule has 0 amide bonds. The number of hydrogen-bond acceptors (Lipinski definition) is 3. The first-order chi connectivity index (χ1) is 23.8. The van der Waals surface area contributed by atoms with Crippen molar-refractivity contribution < 1.29 is 0 Å². The molecule has 0 fully saturated rings. The highest BCUT2D eigenvalue weighted by atomic mass is 14.7. The van der Waals surface area contributed by atoms with Crippen LogP contribution in [0.1, 0.15) is 0 Å². The first-order valence-corrected chi connectivity index (χ1v) is 16.1. The van der Waals surface area contributed by atoms with Crippen LogP contribution in [-0.4, -0.2) is 15.0 Å². The Hall–Kier alpha value is -6.45. The van der Waals surface area contributed by atoms with E-state index in [1.165, 1.54) is 38.9 Å². The van der Waals surface area contributed by atoms with Gasteiger partial charge < -0.3 is 0 Å². The van der Waals surface area contributed by atoms with Crippen molar-refractivity contribution in [2.45, 2.75) is 0 Å². The molecule has 0 aliphatic rings. The highest BCUT2D eigenvalue weighted by Crippen LogP contribution is 2.35. The van der Waals surface area contributed by atoms with Crippen molar-refractivity contribution in [3.63, 3.8) is 0 Å². The number of benzene rings is 5. The molecule has 8 rings (SSSR count). The van der Waals surface area contributed by atoms with Crippen molar-refractivity contribution in [2.75, 3.05) is 0 Å². The predicted molar refractivity (Wildman–Crippen MR) is 198 cm³/mol. The molecular formula is C45H31N3. The standard InChI is InChI=1S/C45H31N3/c1-2-8-32(9-3-1)35-10-4-11-36(26-35)37-12-5-13-38(27-37)39-14-6-15-40(28-39)41-16-7-17-42(29-41)43-30-44(33-18-22-46-23-19-33)48-45(31-43)34-20-24-47-25-21-34/h1-31H. The Bertz CT molecular complexity index is 2270. The molecule has 5 aromatic carbocycles. The molecule has 0 saturated carbocycles. The fourth-order valence-electron chi connectivity index (χ4n) is 6.18. The molecule has 3 aromatic heterocycles. The second kappa shape index (κ2) is 13.1. The normalized spacial score (nSPS) is 10.9. The van der Waals surface area contributed by atoms with E-state index in [0.717, 1.165) is 39.2 Å². The van der Waals surface area contributed by atoms with Gasteiger partial charge in [0.2, 0.25) is 0 Å². The summed E-state index contributed by atoms with van der Waals surface area (Å²) in [6, 6.07) is 58.0. The summed E-state index contributed by atoms with van der Waals surface area (Å²) < 4.78 is 0. The Morgan fingerprint density at radius 3 is 0.917 bits per heavy atom. The quantitative estimate of drug-likeness (QED) is 0.179. The fraction of sp³-hybridized carbons (Fsp3) is 0. The molecule has 0 N–H and O–H groups in total. The average Bonchev–Trinajstić information content (AvgIpc) is 3.19. The van der Waals surface area contributed by atoms with Crippen LogP contribution >= 0.6 is 0 Å². The van der Waals surface area contributed by atoms with Gasteiger partial charge in [-0.1, -0.05) is 103 Å². The second-order valence-corrected chi connectivity index (χ2v) is 11.8. The second-order valence-electron chi connectivity index (χ2n) is 11.8. The number of nitrogens with zero attached hydrogens (tertiary/aromatic N) is 3. The van der Waals surface area contributed by atoms with Crippen LogP contribution in [-0.2, 0) is 0 Å². The zero-order chi connectivity index (χ0) is 32.1. The smallest absolute Gasteiger partial charge is 0.0716 e. The lowest BCUT2D eigenvalue weighted by atomic mass is 9.93. The van der Waals surface area contributed by atoms with Crippen molar-refractivity contribution >= 4 is 0 Å². The van der Waals surface area contributed by atoms with Crippen molar-refractivity contribution in [2.24, 2.45) is 0 Å². The zero-order valence-electron chi connectivity index (χ0n) is 26.2. The summed E-state index contributed by atoms with van der Waals surface area (Å²) >= 11 is 0. The minimum Gasteiger partial charge on any atom is -0.265 e. The Morgan fingerprint density at radius 2 is 0.542 bits per heavy atom. The lowest BCUT2D eigenvalue weighted by Crippen LogP contribution is -1.92. The van der Waals surface area contributed by atoms with Crippen LogP contribution in [0.4, 0.5) is 0 Å². The van der Waals surface area contributed by atoms with E-state index in [0.29, 0.717) is 0 Å². The summed E-state index contributed by atoms with van der Waals surface area (Å²) in [6.45, 7) is 0. The van der Waals surface area contributed by atoms with E-state index in [1.54, 1.807) is 24.8 Å². The Balaban J connectivity index is 1.14. The van der Waals surface area contributed by atoms with E-state index < -0.39 is 0 Å². The summed E-state index contributed by atoms with van der Waals surface area (Å²) in [7, 11) is 0. The molecular weight excluding hydrogens is 583 g/mol. The summed E-state index contributed by atoms with van der Waals surface area (Å²) in [6.07, 6.45) is 7.23. The molecule has 3 nitrogen and oxygen atoms in total.